The molecule has 0 saturated carbocycles. The summed E-state index contributed by atoms with van der Waals surface area (Å²) >= 11 is 0. The fourth-order valence-corrected chi connectivity index (χ4v) is 2.19. The summed E-state index contributed by atoms with van der Waals surface area (Å²) in [4.78, 5) is 27.4. The molecular formula is C12H22N2O2. The van der Waals surface area contributed by atoms with E-state index in [-0.39, 0.29) is 23.8 Å². The van der Waals surface area contributed by atoms with Gasteiger partial charge >= 0.3 is 0 Å². The van der Waals surface area contributed by atoms with Crippen LogP contribution in [0.3, 0.4) is 0 Å². The number of amides is 2. The molecule has 4 heteroatoms. The second kappa shape index (κ2) is 5.32. The molecule has 1 fully saturated rings. The van der Waals surface area contributed by atoms with E-state index >= 15 is 0 Å². The van der Waals surface area contributed by atoms with Crippen LogP contribution in [0.4, 0.5) is 0 Å². The largest absolute Gasteiger partial charge is 0.342 e. The summed E-state index contributed by atoms with van der Waals surface area (Å²) in [6.45, 7) is 7.18. The zero-order valence-corrected chi connectivity index (χ0v) is 10.7. The van der Waals surface area contributed by atoms with Gasteiger partial charge in [0.05, 0.1) is 0 Å². The normalized spacial score (nSPS) is 21.8. The molecule has 1 atom stereocenters. The van der Waals surface area contributed by atoms with Crippen LogP contribution < -0.4 is 0 Å². The fraction of sp³-hybridized carbons (Fsp3) is 0.833. The molecule has 16 heavy (non-hydrogen) atoms. The molecule has 0 aromatic heterocycles. The molecular weight excluding hydrogens is 204 g/mol. The number of likely N-dealkylation sites (N-methyl/N-ethyl adjacent to an activating group) is 1. The standard InChI is InChI=1S/C12H22N2O2/c1-5-10(6-2)12(16)14-8-7-13(4)11(15)9(14)3/h9-10H,5-8H2,1-4H3. The summed E-state index contributed by atoms with van der Waals surface area (Å²) in [7, 11) is 1.79. The highest BCUT2D eigenvalue weighted by Crippen LogP contribution is 2.17. The second-order valence-corrected chi connectivity index (χ2v) is 4.48. The summed E-state index contributed by atoms with van der Waals surface area (Å²) in [6, 6.07) is -0.299. The van der Waals surface area contributed by atoms with E-state index in [1.807, 2.05) is 20.8 Å². The number of nitrogens with zero attached hydrogens (tertiary/aromatic N) is 2. The first kappa shape index (κ1) is 13.0. The van der Waals surface area contributed by atoms with E-state index in [1.165, 1.54) is 0 Å². The summed E-state index contributed by atoms with van der Waals surface area (Å²) < 4.78 is 0. The van der Waals surface area contributed by atoms with Crippen molar-refractivity contribution in [1.29, 1.82) is 0 Å². The van der Waals surface area contributed by atoms with E-state index in [9.17, 15) is 9.59 Å². The van der Waals surface area contributed by atoms with Gasteiger partial charge in [0.25, 0.3) is 0 Å². The van der Waals surface area contributed by atoms with Gasteiger partial charge in [-0.25, -0.2) is 0 Å². The van der Waals surface area contributed by atoms with E-state index < -0.39 is 0 Å². The van der Waals surface area contributed by atoms with Gasteiger partial charge in [0.1, 0.15) is 6.04 Å². The van der Waals surface area contributed by atoms with Crippen LogP contribution in [0.1, 0.15) is 33.6 Å². The highest BCUT2D eigenvalue weighted by atomic mass is 16.2. The van der Waals surface area contributed by atoms with Crippen molar-refractivity contribution in [2.45, 2.75) is 39.7 Å². The van der Waals surface area contributed by atoms with Gasteiger partial charge in [0, 0.05) is 26.1 Å². The van der Waals surface area contributed by atoms with E-state index in [1.54, 1.807) is 16.8 Å². The molecule has 1 rings (SSSR count). The van der Waals surface area contributed by atoms with E-state index in [2.05, 4.69) is 0 Å². The minimum atomic E-state index is -0.299. The van der Waals surface area contributed by atoms with Crippen LogP contribution in [0.25, 0.3) is 0 Å². The quantitative estimate of drug-likeness (QED) is 0.723. The molecule has 0 aromatic rings. The smallest absolute Gasteiger partial charge is 0.244 e. The Labute approximate surface area is 97.6 Å². The maximum Gasteiger partial charge on any atom is 0.244 e. The minimum Gasteiger partial charge on any atom is -0.342 e. The third kappa shape index (κ3) is 2.36. The lowest BCUT2D eigenvalue weighted by Gasteiger charge is -2.38. The van der Waals surface area contributed by atoms with Gasteiger partial charge in [-0.2, -0.15) is 0 Å². The van der Waals surface area contributed by atoms with Gasteiger partial charge in [0.15, 0.2) is 0 Å². The van der Waals surface area contributed by atoms with Gasteiger partial charge in [-0.05, 0) is 19.8 Å². The van der Waals surface area contributed by atoms with Crippen LogP contribution in [-0.2, 0) is 9.59 Å². The summed E-state index contributed by atoms with van der Waals surface area (Å²) in [5.41, 5.74) is 0. The van der Waals surface area contributed by atoms with Crippen molar-refractivity contribution in [3.63, 3.8) is 0 Å². The van der Waals surface area contributed by atoms with Gasteiger partial charge in [-0.15, -0.1) is 0 Å². The molecule has 0 N–H and O–H groups in total. The molecule has 1 unspecified atom stereocenters. The lowest BCUT2D eigenvalue weighted by molar-refractivity contribution is -0.151. The van der Waals surface area contributed by atoms with Gasteiger partial charge < -0.3 is 9.80 Å². The Balaban J connectivity index is 2.73. The maximum absolute atomic E-state index is 12.2. The summed E-state index contributed by atoms with van der Waals surface area (Å²) in [5, 5.41) is 0. The Morgan fingerprint density at radius 2 is 1.94 bits per heavy atom. The highest BCUT2D eigenvalue weighted by molar-refractivity contribution is 5.89. The number of hydrogen-bond donors (Lipinski definition) is 0. The molecule has 1 saturated heterocycles. The Kier molecular flexibility index (Phi) is 4.33. The number of piperazine rings is 1. The topological polar surface area (TPSA) is 40.6 Å². The lowest BCUT2D eigenvalue weighted by Crippen LogP contribution is -2.57. The average Bonchev–Trinajstić information content (AvgIpc) is 2.27. The minimum absolute atomic E-state index is 0.0468. The van der Waals surface area contributed by atoms with Crippen LogP contribution in [0.15, 0.2) is 0 Å². The zero-order valence-electron chi connectivity index (χ0n) is 10.7. The van der Waals surface area contributed by atoms with Gasteiger partial charge in [-0.1, -0.05) is 13.8 Å². The average molecular weight is 226 g/mol. The molecule has 0 spiro atoms. The molecule has 2 amide bonds. The first-order chi connectivity index (χ1) is 7.52. The van der Waals surface area contributed by atoms with Crippen molar-refractivity contribution in [2.75, 3.05) is 20.1 Å². The Bertz CT molecular complexity index is 274. The third-order valence-corrected chi connectivity index (χ3v) is 3.50. The monoisotopic (exact) mass is 226 g/mol. The van der Waals surface area contributed by atoms with E-state index in [0.717, 1.165) is 12.8 Å². The van der Waals surface area contributed by atoms with Crippen molar-refractivity contribution >= 4 is 11.8 Å². The van der Waals surface area contributed by atoms with Crippen molar-refractivity contribution in [2.24, 2.45) is 5.92 Å². The van der Waals surface area contributed by atoms with Crippen LogP contribution in [0.5, 0.6) is 0 Å². The maximum atomic E-state index is 12.2. The molecule has 0 radical (unpaired) electrons. The lowest BCUT2D eigenvalue weighted by atomic mass is 10.00. The number of rotatable bonds is 3. The highest BCUT2D eigenvalue weighted by Gasteiger charge is 2.34. The summed E-state index contributed by atoms with van der Waals surface area (Å²) in [5.74, 6) is 0.253. The Morgan fingerprint density at radius 3 is 2.44 bits per heavy atom. The van der Waals surface area contributed by atoms with Crippen LogP contribution in [-0.4, -0.2) is 47.8 Å². The Morgan fingerprint density at radius 1 is 1.38 bits per heavy atom. The van der Waals surface area contributed by atoms with E-state index in [0.29, 0.717) is 13.1 Å². The molecule has 92 valence electrons. The van der Waals surface area contributed by atoms with Crippen LogP contribution >= 0.6 is 0 Å². The molecule has 1 aliphatic heterocycles. The number of carbonyl (C=O) groups is 2. The van der Waals surface area contributed by atoms with Crippen LogP contribution in [0.2, 0.25) is 0 Å². The zero-order chi connectivity index (χ0) is 12.3. The molecule has 1 heterocycles. The number of hydrogen-bond acceptors (Lipinski definition) is 2. The third-order valence-electron chi connectivity index (χ3n) is 3.50. The van der Waals surface area contributed by atoms with Gasteiger partial charge in [0.2, 0.25) is 11.8 Å². The van der Waals surface area contributed by atoms with Crippen molar-refractivity contribution in [1.82, 2.24) is 9.80 Å². The molecule has 0 aliphatic carbocycles. The fourth-order valence-electron chi connectivity index (χ4n) is 2.19. The molecule has 1 aliphatic rings. The second-order valence-electron chi connectivity index (χ2n) is 4.48. The van der Waals surface area contributed by atoms with Crippen molar-refractivity contribution < 1.29 is 9.59 Å². The van der Waals surface area contributed by atoms with Crippen LogP contribution in [0, 0.1) is 5.92 Å². The molecule has 0 bridgehead atoms. The predicted octanol–water partition coefficient (Wildman–Crippen LogP) is 1.11. The first-order valence-corrected chi connectivity index (χ1v) is 6.08. The van der Waals surface area contributed by atoms with Gasteiger partial charge in [-0.3, -0.25) is 9.59 Å². The van der Waals surface area contributed by atoms with Crippen molar-refractivity contribution in [3.8, 4) is 0 Å². The molecule has 4 nitrogen and oxygen atoms in total. The van der Waals surface area contributed by atoms with Crippen molar-refractivity contribution in [3.05, 3.63) is 0 Å². The van der Waals surface area contributed by atoms with E-state index in [4.69, 9.17) is 0 Å². The number of carbonyl (C=O) groups excluding carboxylic acids is 2. The predicted molar refractivity (Wildman–Crippen MR) is 62.9 cm³/mol. The molecule has 0 aromatic carbocycles. The Hall–Kier alpha value is -1.06. The summed E-state index contributed by atoms with van der Waals surface area (Å²) in [6.07, 6.45) is 1.70. The first-order valence-electron chi connectivity index (χ1n) is 6.08. The SMILES string of the molecule is CCC(CC)C(=O)N1CCN(C)C(=O)C1C.